The normalized spacial score (nSPS) is 15.8. The molecule has 0 aliphatic carbocycles. The third-order valence-corrected chi connectivity index (χ3v) is 5.38. The summed E-state index contributed by atoms with van der Waals surface area (Å²) in [5.74, 6) is 1.37. The van der Waals surface area contributed by atoms with Crippen LogP contribution < -0.4 is 15.4 Å². The van der Waals surface area contributed by atoms with E-state index in [-0.39, 0.29) is 35.2 Å². The van der Waals surface area contributed by atoms with Crippen molar-refractivity contribution in [2.45, 2.75) is 31.7 Å². The van der Waals surface area contributed by atoms with Crippen LogP contribution in [-0.2, 0) is 16.7 Å². The van der Waals surface area contributed by atoms with Crippen LogP contribution in [0.2, 0.25) is 0 Å². The number of nitrogens with one attached hydrogen (secondary N) is 2. The molecule has 5 nitrogen and oxygen atoms in total. The zero-order valence-electron chi connectivity index (χ0n) is 17.6. The lowest BCUT2D eigenvalue weighted by molar-refractivity contribution is 0.0513. The number of benzene rings is 2. The van der Waals surface area contributed by atoms with Gasteiger partial charge < -0.3 is 20.1 Å². The fourth-order valence-corrected chi connectivity index (χ4v) is 3.68. The molecule has 0 aromatic heterocycles. The molecule has 0 radical (unpaired) electrons. The van der Waals surface area contributed by atoms with Crippen LogP contribution >= 0.6 is 24.0 Å². The van der Waals surface area contributed by atoms with Crippen LogP contribution in [0.1, 0.15) is 30.9 Å². The molecule has 2 aromatic rings. The first-order chi connectivity index (χ1) is 14.1. The van der Waals surface area contributed by atoms with Crippen molar-refractivity contribution in [1.82, 2.24) is 10.6 Å². The molecule has 0 unspecified atom stereocenters. The standard InChI is InChI=1S/C23H30FN3O2.HI/c1-3-25-22(26-16-18-6-4-9-21(14-18)28-2)27-17-23(10-12-29-13-11-23)19-7-5-8-20(24)15-19;/h4-9,14-15H,3,10-13,16-17H2,1-2H3,(H2,25,26,27);1H. The Hall–Kier alpha value is -1.87. The number of nitrogens with zero attached hydrogens (tertiary/aromatic N) is 1. The third kappa shape index (κ3) is 6.57. The average molecular weight is 527 g/mol. The molecule has 1 aliphatic rings. The Kier molecular flexibility index (Phi) is 9.84. The van der Waals surface area contributed by atoms with Crippen LogP contribution in [0.3, 0.4) is 0 Å². The zero-order chi connectivity index (χ0) is 20.5. The fraction of sp³-hybridized carbons (Fsp3) is 0.435. The Morgan fingerprint density at radius 1 is 1.13 bits per heavy atom. The molecule has 2 aromatic carbocycles. The molecule has 0 atom stereocenters. The van der Waals surface area contributed by atoms with E-state index in [1.165, 1.54) is 6.07 Å². The number of methoxy groups -OCH3 is 1. The highest BCUT2D eigenvalue weighted by molar-refractivity contribution is 14.0. The molecule has 0 bridgehead atoms. The number of halogens is 2. The highest BCUT2D eigenvalue weighted by Gasteiger charge is 2.34. The second kappa shape index (κ2) is 12.1. The van der Waals surface area contributed by atoms with Crippen molar-refractivity contribution in [3.63, 3.8) is 0 Å². The molecule has 0 spiro atoms. The van der Waals surface area contributed by atoms with Gasteiger partial charge in [0.2, 0.25) is 0 Å². The minimum Gasteiger partial charge on any atom is -0.497 e. The third-order valence-electron chi connectivity index (χ3n) is 5.38. The van der Waals surface area contributed by atoms with Gasteiger partial charge in [-0.05, 0) is 55.2 Å². The SMILES string of the molecule is CCNC(=NCc1cccc(OC)c1)NCC1(c2cccc(F)c2)CCOCC1.I. The minimum absolute atomic E-state index is 0. The van der Waals surface area contributed by atoms with Crippen molar-refractivity contribution in [2.75, 3.05) is 33.4 Å². The number of guanidine groups is 1. The van der Waals surface area contributed by atoms with Gasteiger partial charge in [-0.1, -0.05) is 24.3 Å². The lowest BCUT2D eigenvalue weighted by atomic mass is 9.74. The number of hydrogen-bond acceptors (Lipinski definition) is 3. The monoisotopic (exact) mass is 527 g/mol. The first-order valence-electron chi connectivity index (χ1n) is 10.1. The summed E-state index contributed by atoms with van der Waals surface area (Å²) in [4.78, 5) is 4.72. The summed E-state index contributed by atoms with van der Waals surface area (Å²) in [5, 5.41) is 6.78. The summed E-state index contributed by atoms with van der Waals surface area (Å²) in [6, 6.07) is 14.8. The van der Waals surface area contributed by atoms with Crippen molar-refractivity contribution in [2.24, 2.45) is 4.99 Å². The molecule has 164 valence electrons. The molecule has 1 fully saturated rings. The van der Waals surface area contributed by atoms with E-state index in [1.807, 2.05) is 37.3 Å². The van der Waals surface area contributed by atoms with E-state index >= 15 is 0 Å². The van der Waals surface area contributed by atoms with E-state index in [0.717, 1.165) is 42.2 Å². The number of aliphatic imine (C=N–C) groups is 1. The van der Waals surface area contributed by atoms with Crippen molar-refractivity contribution in [3.05, 3.63) is 65.5 Å². The molecule has 0 amide bonds. The predicted molar refractivity (Wildman–Crippen MR) is 129 cm³/mol. The maximum atomic E-state index is 13.9. The zero-order valence-corrected chi connectivity index (χ0v) is 19.9. The second-order valence-corrected chi connectivity index (χ2v) is 7.30. The summed E-state index contributed by atoms with van der Waals surface area (Å²) in [7, 11) is 1.66. The Morgan fingerprint density at radius 2 is 1.90 bits per heavy atom. The summed E-state index contributed by atoms with van der Waals surface area (Å²) in [6.07, 6.45) is 1.69. The van der Waals surface area contributed by atoms with Gasteiger partial charge in [-0.15, -0.1) is 24.0 Å². The molecule has 2 N–H and O–H groups in total. The van der Waals surface area contributed by atoms with Crippen molar-refractivity contribution in [3.8, 4) is 5.75 Å². The average Bonchev–Trinajstić information content (AvgIpc) is 2.76. The number of hydrogen-bond donors (Lipinski definition) is 2. The van der Waals surface area contributed by atoms with Crippen molar-refractivity contribution >= 4 is 29.9 Å². The highest BCUT2D eigenvalue weighted by atomic mass is 127. The van der Waals surface area contributed by atoms with Gasteiger partial charge in [-0.25, -0.2) is 9.38 Å². The van der Waals surface area contributed by atoms with Gasteiger partial charge in [0, 0.05) is 31.7 Å². The van der Waals surface area contributed by atoms with E-state index in [4.69, 9.17) is 14.5 Å². The quantitative estimate of drug-likeness (QED) is 0.321. The number of ether oxygens (including phenoxy) is 2. The topological polar surface area (TPSA) is 54.9 Å². The van der Waals surface area contributed by atoms with Crippen molar-refractivity contribution in [1.29, 1.82) is 0 Å². The Bertz CT molecular complexity index is 826. The fourth-order valence-electron chi connectivity index (χ4n) is 3.68. The Labute approximate surface area is 195 Å². The van der Waals surface area contributed by atoms with Crippen LogP contribution in [-0.4, -0.2) is 39.4 Å². The molecule has 1 aliphatic heterocycles. The van der Waals surface area contributed by atoms with Gasteiger partial charge in [0.25, 0.3) is 0 Å². The summed E-state index contributed by atoms with van der Waals surface area (Å²) >= 11 is 0. The first-order valence-corrected chi connectivity index (χ1v) is 10.1. The number of rotatable bonds is 7. The van der Waals surface area contributed by atoms with Gasteiger partial charge in [-0.2, -0.15) is 0 Å². The van der Waals surface area contributed by atoms with Crippen LogP contribution in [0.25, 0.3) is 0 Å². The lowest BCUT2D eigenvalue weighted by Gasteiger charge is -2.38. The largest absolute Gasteiger partial charge is 0.497 e. The predicted octanol–water partition coefficient (Wildman–Crippen LogP) is 4.26. The maximum Gasteiger partial charge on any atom is 0.191 e. The van der Waals surface area contributed by atoms with Gasteiger partial charge in [0.15, 0.2) is 5.96 Å². The molecule has 1 heterocycles. The van der Waals surface area contributed by atoms with E-state index in [2.05, 4.69) is 10.6 Å². The van der Waals surface area contributed by atoms with Gasteiger partial charge in [0.1, 0.15) is 11.6 Å². The highest BCUT2D eigenvalue weighted by Crippen LogP contribution is 2.34. The Morgan fingerprint density at radius 3 is 2.60 bits per heavy atom. The van der Waals surface area contributed by atoms with E-state index in [1.54, 1.807) is 19.2 Å². The smallest absolute Gasteiger partial charge is 0.191 e. The lowest BCUT2D eigenvalue weighted by Crippen LogP contribution is -2.48. The molecular formula is C23H31FIN3O2. The molecule has 3 rings (SSSR count). The summed E-state index contributed by atoms with van der Waals surface area (Å²) < 4.78 is 24.7. The van der Waals surface area contributed by atoms with E-state index in [9.17, 15) is 4.39 Å². The maximum absolute atomic E-state index is 13.9. The van der Waals surface area contributed by atoms with Crippen LogP contribution in [0.5, 0.6) is 5.75 Å². The molecular weight excluding hydrogens is 496 g/mol. The van der Waals surface area contributed by atoms with Crippen molar-refractivity contribution < 1.29 is 13.9 Å². The van der Waals surface area contributed by atoms with Gasteiger partial charge >= 0.3 is 0 Å². The van der Waals surface area contributed by atoms with E-state index < -0.39 is 0 Å². The molecule has 0 saturated carbocycles. The Balaban J connectivity index is 0.00000320. The van der Waals surface area contributed by atoms with Gasteiger partial charge in [0.05, 0.1) is 13.7 Å². The van der Waals surface area contributed by atoms with Crippen LogP contribution in [0, 0.1) is 5.82 Å². The minimum atomic E-state index is -0.202. The first kappa shape index (κ1) is 24.4. The van der Waals surface area contributed by atoms with E-state index in [0.29, 0.717) is 26.3 Å². The molecule has 1 saturated heterocycles. The molecule has 30 heavy (non-hydrogen) atoms. The van der Waals surface area contributed by atoms with Crippen LogP contribution in [0.4, 0.5) is 4.39 Å². The van der Waals surface area contributed by atoms with Gasteiger partial charge in [-0.3, -0.25) is 0 Å². The summed E-state index contributed by atoms with van der Waals surface area (Å²) in [6.45, 7) is 5.37. The molecule has 7 heteroatoms. The second-order valence-electron chi connectivity index (χ2n) is 7.30. The summed E-state index contributed by atoms with van der Waals surface area (Å²) in [5.41, 5.74) is 1.91. The van der Waals surface area contributed by atoms with Crippen LogP contribution in [0.15, 0.2) is 53.5 Å².